The number of fused-ring (bicyclic) bond motifs is 5. The Kier molecular flexibility index (Phi) is 6.32. The highest BCUT2D eigenvalue weighted by molar-refractivity contribution is 14.0. The molecular formula is C17H27IN6O. The zero-order valence-electron chi connectivity index (χ0n) is 14.6. The largest absolute Gasteiger partial charge is 0.374 e. The second-order valence-electron chi connectivity index (χ2n) is 6.78. The van der Waals surface area contributed by atoms with E-state index < -0.39 is 0 Å². The SMILES string of the molecule is CCNC(=NCCNc1cnccn1)N1CC2C3CCC(O3)C2C1.I. The Morgan fingerprint density at radius 3 is 2.68 bits per heavy atom. The predicted molar refractivity (Wildman–Crippen MR) is 108 cm³/mol. The van der Waals surface area contributed by atoms with Gasteiger partial charge in [-0.1, -0.05) is 0 Å². The topological polar surface area (TPSA) is 74.7 Å². The first-order valence-corrected chi connectivity index (χ1v) is 9.03. The molecule has 25 heavy (non-hydrogen) atoms. The van der Waals surface area contributed by atoms with Gasteiger partial charge in [-0.25, -0.2) is 4.98 Å². The van der Waals surface area contributed by atoms with Crippen molar-refractivity contribution in [3.05, 3.63) is 18.6 Å². The summed E-state index contributed by atoms with van der Waals surface area (Å²) in [6.45, 7) is 6.64. The molecule has 4 unspecified atom stereocenters. The van der Waals surface area contributed by atoms with Crippen molar-refractivity contribution in [1.29, 1.82) is 0 Å². The maximum atomic E-state index is 6.07. The Labute approximate surface area is 166 Å². The lowest BCUT2D eigenvalue weighted by molar-refractivity contribution is 0.0767. The van der Waals surface area contributed by atoms with E-state index in [2.05, 4.69) is 32.4 Å². The molecule has 0 amide bonds. The lowest BCUT2D eigenvalue weighted by Gasteiger charge is -2.23. The van der Waals surface area contributed by atoms with Crippen LogP contribution < -0.4 is 10.6 Å². The molecule has 138 valence electrons. The molecule has 2 N–H and O–H groups in total. The normalized spacial score (nSPS) is 30.1. The second kappa shape index (κ2) is 8.48. The summed E-state index contributed by atoms with van der Waals surface area (Å²) in [5.41, 5.74) is 0. The number of aliphatic imine (C=N–C) groups is 1. The summed E-state index contributed by atoms with van der Waals surface area (Å²) in [5.74, 6) is 3.23. The highest BCUT2D eigenvalue weighted by Gasteiger charge is 2.53. The van der Waals surface area contributed by atoms with Crippen LogP contribution in [0.1, 0.15) is 19.8 Å². The molecule has 4 heterocycles. The zero-order chi connectivity index (χ0) is 16.4. The Balaban J connectivity index is 0.00000182. The highest BCUT2D eigenvalue weighted by Crippen LogP contribution is 2.47. The van der Waals surface area contributed by atoms with Crippen LogP contribution in [0.2, 0.25) is 0 Å². The summed E-state index contributed by atoms with van der Waals surface area (Å²) in [4.78, 5) is 15.5. The van der Waals surface area contributed by atoms with Gasteiger partial charge in [0.25, 0.3) is 0 Å². The molecule has 7 nitrogen and oxygen atoms in total. The molecule has 3 aliphatic rings. The van der Waals surface area contributed by atoms with Gasteiger partial charge in [0.1, 0.15) is 5.82 Å². The van der Waals surface area contributed by atoms with Crippen molar-refractivity contribution in [2.24, 2.45) is 16.8 Å². The van der Waals surface area contributed by atoms with E-state index in [0.717, 1.165) is 38.0 Å². The van der Waals surface area contributed by atoms with Gasteiger partial charge in [-0.15, -0.1) is 24.0 Å². The number of rotatable bonds is 5. The minimum atomic E-state index is 0. The van der Waals surface area contributed by atoms with Gasteiger partial charge in [0.15, 0.2) is 5.96 Å². The molecule has 3 fully saturated rings. The quantitative estimate of drug-likeness (QED) is 0.302. The molecule has 1 aromatic rings. The van der Waals surface area contributed by atoms with Gasteiger partial charge in [-0.05, 0) is 19.8 Å². The van der Waals surface area contributed by atoms with Gasteiger partial charge in [0, 0.05) is 50.4 Å². The number of nitrogens with one attached hydrogen (secondary N) is 2. The lowest BCUT2D eigenvalue weighted by atomic mass is 9.82. The highest BCUT2D eigenvalue weighted by atomic mass is 127. The smallest absolute Gasteiger partial charge is 0.193 e. The van der Waals surface area contributed by atoms with E-state index in [9.17, 15) is 0 Å². The molecule has 3 aliphatic heterocycles. The minimum Gasteiger partial charge on any atom is -0.374 e. The molecule has 0 spiro atoms. The maximum absolute atomic E-state index is 6.07. The average molecular weight is 458 g/mol. The molecule has 4 rings (SSSR count). The minimum absolute atomic E-state index is 0. The first-order valence-electron chi connectivity index (χ1n) is 9.03. The van der Waals surface area contributed by atoms with Gasteiger partial charge in [0.05, 0.1) is 24.9 Å². The standard InChI is InChI=1S/C17H26N6O.HI/c1-2-19-17(22-8-7-21-16-9-18-5-6-20-16)23-10-12-13(11-23)15-4-3-14(12)24-15;/h5-6,9,12-15H,2-4,7-8,10-11H2,1H3,(H,19,22)(H,20,21);1H. The van der Waals surface area contributed by atoms with E-state index >= 15 is 0 Å². The van der Waals surface area contributed by atoms with Crippen LogP contribution in [-0.4, -0.2) is 65.8 Å². The van der Waals surface area contributed by atoms with Crippen LogP contribution in [0.5, 0.6) is 0 Å². The van der Waals surface area contributed by atoms with Crippen molar-refractivity contribution in [2.45, 2.75) is 32.0 Å². The van der Waals surface area contributed by atoms with Gasteiger partial charge >= 0.3 is 0 Å². The molecule has 3 saturated heterocycles. The summed E-state index contributed by atoms with van der Waals surface area (Å²) < 4.78 is 6.07. The Bertz CT molecular complexity index is 568. The van der Waals surface area contributed by atoms with E-state index in [-0.39, 0.29) is 24.0 Å². The fourth-order valence-electron chi connectivity index (χ4n) is 4.29. The first kappa shape index (κ1) is 18.6. The molecule has 2 bridgehead atoms. The maximum Gasteiger partial charge on any atom is 0.193 e. The van der Waals surface area contributed by atoms with Crippen LogP contribution in [0.3, 0.4) is 0 Å². The van der Waals surface area contributed by atoms with Gasteiger partial charge in [0.2, 0.25) is 0 Å². The molecule has 1 aromatic heterocycles. The van der Waals surface area contributed by atoms with Crippen molar-refractivity contribution in [2.75, 3.05) is 38.0 Å². The number of hydrogen-bond donors (Lipinski definition) is 2. The van der Waals surface area contributed by atoms with Crippen LogP contribution in [0, 0.1) is 11.8 Å². The van der Waals surface area contributed by atoms with Gasteiger partial charge in [-0.3, -0.25) is 9.98 Å². The van der Waals surface area contributed by atoms with Crippen LogP contribution >= 0.6 is 24.0 Å². The third-order valence-corrected chi connectivity index (χ3v) is 5.33. The molecule has 0 aliphatic carbocycles. The van der Waals surface area contributed by atoms with Gasteiger partial charge in [-0.2, -0.15) is 0 Å². The summed E-state index contributed by atoms with van der Waals surface area (Å²) in [6, 6.07) is 0. The Morgan fingerprint density at radius 2 is 2.04 bits per heavy atom. The third-order valence-electron chi connectivity index (χ3n) is 5.33. The van der Waals surface area contributed by atoms with E-state index in [4.69, 9.17) is 9.73 Å². The van der Waals surface area contributed by atoms with Crippen molar-refractivity contribution >= 4 is 35.8 Å². The van der Waals surface area contributed by atoms with Crippen molar-refractivity contribution in [1.82, 2.24) is 20.2 Å². The van der Waals surface area contributed by atoms with E-state index in [1.54, 1.807) is 18.6 Å². The van der Waals surface area contributed by atoms with Crippen LogP contribution in [0.25, 0.3) is 0 Å². The lowest BCUT2D eigenvalue weighted by Crippen LogP contribution is -2.41. The van der Waals surface area contributed by atoms with Crippen molar-refractivity contribution < 1.29 is 4.74 Å². The zero-order valence-corrected chi connectivity index (χ0v) is 16.9. The Morgan fingerprint density at radius 1 is 1.28 bits per heavy atom. The number of guanidine groups is 1. The summed E-state index contributed by atoms with van der Waals surface area (Å²) in [6.07, 6.45) is 8.57. The third kappa shape index (κ3) is 3.99. The van der Waals surface area contributed by atoms with E-state index in [0.29, 0.717) is 30.6 Å². The van der Waals surface area contributed by atoms with Crippen LogP contribution in [0.4, 0.5) is 5.82 Å². The first-order chi connectivity index (χ1) is 11.8. The number of nitrogens with zero attached hydrogens (tertiary/aromatic N) is 4. The summed E-state index contributed by atoms with van der Waals surface area (Å²) in [7, 11) is 0. The number of ether oxygens (including phenoxy) is 1. The number of halogens is 1. The van der Waals surface area contributed by atoms with Gasteiger partial charge < -0.3 is 20.3 Å². The van der Waals surface area contributed by atoms with Crippen molar-refractivity contribution in [3.8, 4) is 0 Å². The number of hydrogen-bond acceptors (Lipinski definition) is 5. The molecule has 0 radical (unpaired) electrons. The van der Waals surface area contributed by atoms with Crippen LogP contribution in [-0.2, 0) is 4.74 Å². The Hall–Kier alpha value is -1.16. The fraction of sp³-hybridized carbons (Fsp3) is 0.706. The fourth-order valence-corrected chi connectivity index (χ4v) is 4.29. The molecule has 0 aromatic carbocycles. The number of aromatic nitrogens is 2. The van der Waals surface area contributed by atoms with E-state index in [1.165, 1.54) is 12.8 Å². The monoisotopic (exact) mass is 458 g/mol. The number of anilines is 1. The van der Waals surface area contributed by atoms with Crippen molar-refractivity contribution in [3.63, 3.8) is 0 Å². The molecular weight excluding hydrogens is 431 g/mol. The number of likely N-dealkylation sites (tertiary alicyclic amines) is 1. The summed E-state index contributed by atoms with van der Waals surface area (Å²) >= 11 is 0. The average Bonchev–Trinajstić information content (AvgIpc) is 3.31. The molecule has 4 atom stereocenters. The van der Waals surface area contributed by atoms with Crippen LogP contribution in [0.15, 0.2) is 23.6 Å². The summed E-state index contributed by atoms with van der Waals surface area (Å²) in [5, 5.41) is 6.69. The van der Waals surface area contributed by atoms with E-state index in [1.807, 2.05) is 0 Å². The predicted octanol–water partition coefficient (Wildman–Crippen LogP) is 1.58. The second-order valence-corrected chi connectivity index (χ2v) is 6.78. The molecule has 8 heteroatoms. The molecule has 0 saturated carbocycles.